The minimum absolute atomic E-state index is 0.201. The molecule has 0 spiro atoms. The first kappa shape index (κ1) is 10.1. The van der Waals surface area contributed by atoms with E-state index < -0.39 is 0 Å². The zero-order valence-electron chi connectivity index (χ0n) is 9.57. The van der Waals surface area contributed by atoms with Crippen LogP contribution in [0.1, 0.15) is 26.3 Å². The van der Waals surface area contributed by atoms with Crippen molar-refractivity contribution in [1.82, 2.24) is 0 Å². The molecule has 0 aliphatic carbocycles. The molecule has 0 atom stereocenters. The van der Waals surface area contributed by atoms with E-state index in [0.29, 0.717) is 0 Å². The van der Waals surface area contributed by atoms with Crippen molar-refractivity contribution in [3.63, 3.8) is 0 Å². The summed E-state index contributed by atoms with van der Waals surface area (Å²) in [7, 11) is 0. The standard InChI is InChI=1S/C13H17N2/c1-13(2,3)11-5-4-6-12(9-11)15-8-7-14-10-15/h4-6,8-10H,7H2,1-3H3/q+1. The van der Waals surface area contributed by atoms with Gasteiger partial charge in [0, 0.05) is 0 Å². The Balaban J connectivity index is 2.39. The van der Waals surface area contributed by atoms with Gasteiger partial charge in [-0.05, 0) is 23.1 Å². The Labute approximate surface area is 91.0 Å². The summed E-state index contributed by atoms with van der Waals surface area (Å²) in [4.78, 5) is 4.18. The highest BCUT2D eigenvalue weighted by Gasteiger charge is 2.16. The fourth-order valence-corrected chi connectivity index (χ4v) is 1.62. The first-order chi connectivity index (χ1) is 7.07. The van der Waals surface area contributed by atoms with Crippen LogP contribution in [0.2, 0.25) is 0 Å². The maximum absolute atomic E-state index is 4.18. The van der Waals surface area contributed by atoms with E-state index in [4.69, 9.17) is 0 Å². The lowest BCUT2D eigenvalue weighted by Crippen LogP contribution is -2.11. The van der Waals surface area contributed by atoms with Gasteiger partial charge in [-0.2, -0.15) is 0 Å². The highest BCUT2D eigenvalue weighted by Crippen LogP contribution is 2.25. The largest absolute Gasteiger partial charge is 0.285 e. The number of benzene rings is 1. The van der Waals surface area contributed by atoms with Gasteiger partial charge in [-0.25, -0.2) is 4.58 Å². The Kier molecular flexibility index (Phi) is 2.43. The van der Waals surface area contributed by atoms with Gasteiger partial charge in [0.05, 0.1) is 0 Å². The van der Waals surface area contributed by atoms with E-state index in [1.165, 1.54) is 11.3 Å². The van der Waals surface area contributed by atoms with Gasteiger partial charge in [0.25, 0.3) is 6.34 Å². The lowest BCUT2D eigenvalue weighted by molar-refractivity contribution is -0.285. The molecule has 0 bridgehead atoms. The van der Waals surface area contributed by atoms with Gasteiger partial charge in [0.2, 0.25) is 0 Å². The van der Waals surface area contributed by atoms with E-state index in [0.717, 1.165) is 6.54 Å². The van der Waals surface area contributed by atoms with Crippen molar-refractivity contribution in [2.75, 3.05) is 6.54 Å². The van der Waals surface area contributed by atoms with E-state index in [-0.39, 0.29) is 5.41 Å². The van der Waals surface area contributed by atoms with Crippen LogP contribution in [0.4, 0.5) is 5.69 Å². The van der Waals surface area contributed by atoms with Crippen molar-refractivity contribution in [3.8, 4) is 0 Å². The summed E-state index contributed by atoms with van der Waals surface area (Å²) in [5.74, 6) is 0. The molecule has 0 unspecified atom stereocenters. The van der Waals surface area contributed by atoms with Gasteiger partial charge in [-0.3, -0.25) is 0 Å². The average Bonchev–Trinajstić information content (AvgIpc) is 2.69. The smallest absolute Gasteiger partial charge is 0.203 e. The monoisotopic (exact) mass is 201 g/mol. The predicted molar refractivity (Wildman–Crippen MR) is 64.5 cm³/mol. The molecule has 1 heterocycles. The Morgan fingerprint density at radius 3 is 2.67 bits per heavy atom. The molecule has 2 rings (SSSR count). The minimum atomic E-state index is 0.201. The van der Waals surface area contributed by atoms with Crippen molar-refractivity contribution >= 4 is 18.2 Å². The molecule has 1 aliphatic heterocycles. The zero-order valence-corrected chi connectivity index (χ0v) is 9.57. The molecule has 1 aliphatic rings. The summed E-state index contributed by atoms with van der Waals surface area (Å²) in [6, 6.07) is 8.63. The second-order valence-corrected chi connectivity index (χ2v) is 4.87. The Hall–Kier alpha value is -1.44. The van der Waals surface area contributed by atoms with Crippen LogP contribution >= 0.6 is 0 Å². The van der Waals surface area contributed by atoms with Crippen molar-refractivity contribution < 1.29 is 4.58 Å². The van der Waals surface area contributed by atoms with Crippen molar-refractivity contribution in [2.24, 2.45) is 4.99 Å². The van der Waals surface area contributed by atoms with Crippen LogP contribution < -0.4 is 0 Å². The van der Waals surface area contributed by atoms with Crippen LogP contribution in [0.5, 0.6) is 0 Å². The maximum atomic E-state index is 4.18. The molecule has 0 aromatic heterocycles. The molecule has 0 N–H and O–H groups in total. The fourth-order valence-electron chi connectivity index (χ4n) is 1.62. The van der Waals surface area contributed by atoms with Crippen LogP contribution in [-0.4, -0.2) is 23.7 Å². The minimum Gasteiger partial charge on any atom is -0.203 e. The highest BCUT2D eigenvalue weighted by molar-refractivity contribution is 5.71. The molecule has 2 nitrogen and oxygen atoms in total. The van der Waals surface area contributed by atoms with Crippen molar-refractivity contribution in [3.05, 3.63) is 29.8 Å². The molecule has 0 amide bonds. The quantitative estimate of drug-likeness (QED) is 0.621. The molecule has 0 fully saturated rings. The summed E-state index contributed by atoms with van der Waals surface area (Å²) in [6.07, 6.45) is 3.96. The maximum Gasteiger partial charge on any atom is 0.285 e. The summed E-state index contributed by atoms with van der Waals surface area (Å²) in [5, 5.41) is 0. The lowest BCUT2D eigenvalue weighted by Gasteiger charge is -2.19. The van der Waals surface area contributed by atoms with Gasteiger partial charge in [-0.1, -0.05) is 37.9 Å². The summed E-state index contributed by atoms with van der Waals surface area (Å²) in [6.45, 7) is 7.48. The van der Waals surface area contributed by atoms with Gasteiger partial charge < -0.3 is 0 Å². The summed E-state index contributed by atoms with van der Waals surface area (Å²) < 4.78 is 2.08. The van der Waals surface area contributed by atoms with Gasteiger partial charge in [0.1, 0.15) is 11.9 Å². The molecule has 1 aromatic rings. The number of hydrogen-bond acceptors (Lipinski definition) is 1. The molecule has 2 heteroatoms. The van der Waals surface area contributed by atoms with E-state index in [1.54, 1.807) is 0 Å². The number of aliphatic imine (C=N–C) groups is 1. The van der Waals surface area contributed by atoms with Gasteiger partial charge in [-0.15, -0.1) is 0 Å². The van der Waals surface area contributed by atoms with Crippen molar-refractivity contribution in [1.29, 1.82) is 0 Å². The second-order valence-electron chi connectivity index (χ2n) is 4.87. The average molecular weight is 201 g/mol. The Morgan fingerprint density at radius 1 is 1.27 bits per heavy atom. The predicted octanol–water partition coefficient (Wildman–Crippen LogP) is 2.74. The molecule has 0 saturated heterocycles. The first-order valence-corrected chi connectivity index (χ1v) is 5.29. The number of nitrogens with zero attached hydrogens (tertiary/aromatic N) is 2. The number of hydrogen-bond donors (Lipinski definition) is 0. The van der Waals surface area contributed by atoms with Crippen LogP contribution in [0.15, 0.2) is 29.3 Å². The third-order valence-corrected chi connectivity index (χ3v) is 2.60. The summed E-state index contributed by atoms with van der Waals surface area (Å²) >= 11 is 0. The second kappa shape index (κ2) is 3.61. The fraction of sp³-hybridized carbons (Fsp3) is 0.385. The van der Waals surface area contributed by atoms with E-state index >= 15 is 0 Å². The highest BCUT2D eigenvalue weighted by atomic mass is 15.1. The summed E-state index contributed by atoms with van der Waals surface area (Å²) in [5.41, 5.74) is 2.75. The molecule has 78 valence electrons. The molecule has 1 aromatic carbocycles. The van der Waals surface area contributed by atoms with Gasteiger partial charge >= 0.3 is 0 Å². The topological polar surface area (TPSA) is 15.4 Å². The van der Waals surface area contributed by atoms with Crippen LogP contribution in [0.25, 0.3) is 0 Å². The lowest BCUT2D eigenvalue weighted by atomic mass is 9.87. The first-order valence-electron chi connectivity index (χ1n) is 5.29. The van der Waals surface area contributed by atoms with Crippen LogP contribution in [0.3, 0.4) is 0 Å². The third kappa shape index (κ3) is 2.14. The van der Waals surface area contributed by atoms with E-state index in [9.17, 15) is 0 Å². The van der Waals surface area contributed by atoms with Crippen LogP contribution in [-0.2, 0) is 5.41 Å². The Bertz CT molecular complexity index is 422. The molecular formula is C13H17N2+. The zero-order chi connectivity index (χ0) is 10.9. The molecule has 15 heavy (non-hydrogen) atoms. The molecule has 0 saturated carbocycles. The van der Waals surface area contributed by atoms with Crippen LogP contribution in [0, 0.1) is 0 Å². The molecular weight excluding hydrogens is 184 g/mol. The third-order valence-electron chi connectivity index (χ3n) is 2.60. The Morgan fingerprint density at radius 2 is 2.07 bits per heavy atom. The molecule has 0 radical (unpaired) electrons. The van der Waals surface area contributed by atoms with Gasteiger partial charge in [0.15, 0.2) is 6.54 Å². The van der Waals surface area contributed by atoms with E-state index in [1.807, 2.05) is 6.34 Å². The normalized spacial score (nSPS) is 15.5. The van der Waals surface area contributed by atoms with E-state index in [2.05, 4.69) is 60.8 Å². The SMILES string of the molecule is CC(C)(C)c1cccc([N+]2=CCN=C2)c1. The number of rotatable bonds is 1. The van der Waals surface area contributed by atoms with Crippen molar-refractivity contribution in [2.45, 2.75) is 26.2 Å².